The highest BCUT2D eigenvalue weighted by Gasteiger charge is 2.23. The molecular weight excluding hydrogens is 553 g/mol. The predicted molar refractivity (Wildman–Crippen MR) is 193 cm³/mol. The number of H-pyrrole nitrogens is 1. The molecule has 10 rings (SSSR count). The number of benzene rings is 7. The Morgan fingerprint density at radius 3 is 2.25 bits per heavy atom. The standard InChI is InChI=1S/C38H22N2S.C3H6/c1-2-9-22(10-3-1)23-11-8-12-25(19-23)40-32-21-29-26-13-4-6-15-31(26)39-36(29)28-18-17-24-20-30-27-14-5-7-16-33(27)41-38(30)37(40)34(24)35(28)32;1-3-2/h1-21,39H;3H,1H2,2H3. The fourth-order valence-corrected chi connectivity index (χ4v) is 8.31. The number of hydrogen-bond acceptors (Lipinski definition) is 1. The Kier molecular flexibility index (Phi) is 5.47. The van der Waals surface area contributed by atoms with Crippen LogP contribution < -0.4 is 0 Å². The van der Waals surface area contributed by atoms with Crippen LogP contribution in [0.2, 0.25) is 0 Å². The molecule has 3 heteroatoms. The Hall–Kier alpha value is -5.38. The average Bonchev–Trinajstić information content (AvgIpc) is 3.74. The second kappa shape index (κ2) is 9.57. The maximum atomic E-state index is 3.76. The van der Waals surface area contributed by atoms with Gasteiger partial charge in [-0.15, -0.1) is 17.9 Å². The largest absolute Gasteiger partial charge is 0.354 e. The molecule has 0 spiro atoms. The van der Waals surface area contributed by atoms with E-state index < -0.39 is 0 Å². The van der Waals surface area contributed by atoms with Crippen molar-refractivity contribution in [2.24, 2.45) is 0 Å². The Morgan fingerprint density at radius 1 is 0.636 bits per heavy atom. The molecule has 44 heavy (non-hydrogen) atoms. The number of fused-ring (bicyclic) bond motifs is 8. The van der Waals surface area contributed by atoms with Crippen molar-refractivity contribution in [2.45, 2.75) is 6.92 Å². The van der Waals surface area contributed by atoms with Gasteiger partial charge in [-0.05, 0) is 59.8 Å². The van der Waals surface area contributed by atoms with Crippen LogP contribution in [-0.4, -0.2) is 9.55 Å². The van der Waals surface area contributed by atoms with Gasteiger partial charge in [-0.2, -0.15) is 0 Å². The first kappa shape index (κ1) is 25.1. The van der Waals surface area contributed by atoms with Crippen molar-refractivity contribution in [3.05, 3.63) is 140 Å². The monoisotopic (exact) mass is 580 g/mol. The highest BCUT2D eigenvalue weighted by molar-refractivity contribution is 7.26. The molecule has 2 nitrogen and oxygen atoms in total. The number of nitrogens with zero attached hydrogens (tertiary/aromatic N) is 1. The number of hydrogen-bond donors (Lipinski definition) is 1. The topological polar surface area (TPSA) is 20.7 Å². The number of nitrogens with one attached hydrogen (secondary N) is 1. The summed E-state index contributed by atoms with van der Waals surface area (Å²) in [6, 6.07) is 46.7. The van der Waals surface area contributed by atoms with Crippen LogP contribution in [0.25, 0.3) is 91.4 Å². The van der Waals surface area contributed by atoms with E-state index in [1.807, 2.05) is 18.3 Å². The van der Waals surface area contributed by atoms with Crippen molar-refractivity contribution in [1.29, 1.82) is 0 Å². The highest BCUT2D eigenvalue weighted by Crippen LogP contribution is 2.48. The molecule has 0 radical (unpaired) electrons. The van der Waals surface area contributed by atoms with Crippen LogP contribution in [0, 0.1) is 0 Å². The maximum Gasteiger partial charge on any atom is 0.0726 e. The number of thiophene rings is 1. The minimum absolute atomic E-state index is 1.18. The molecule has 7 aromatic carbocycles. The molecule has 0 fully saturated rings. The lowest BCUT2D eigenvalue weighted by atomic mass is 9.98. The summed E-state index contributed by atoms with van der Waals surface area (Å²) in [5.74, 6) is 0. The second-order valence-electron chi connectivity index (χ2n) is 11.4. The van der Waals surface area contributed by atoms with Crippen LogP contribution in [0.15, 0.2) is 140 Å². The van der Waals surface area contributed by atoms with Gasteiger partial charge in [0.2, 0.25) is 0 Å². The third kappa shape index (κ3) is 3.48. The van der Waals surface area contributed by atoms with E-state index in [0.717, 1.165) is 0 Å². The van der Waals surface area contributed by atoms with E-state index in [2.05, 4.69) is 144 Å². The number of allylic oxidation sites excluding steroid dienone is 1. The van der Waals surface area contributed by atoms with Gasteiger partial charge in [-0.3, -0.25) is 0 Å². The lowest BCUT2D eigenvalue weighted by Crippen LogP contribution is -1.94. The van der Waals surface area contributed by atoms with E-state index in [1.54, 1.807) is 6.08 Å². The molecule has 0 saturated carbocycles. The minimum Gasteiger partial charge on any atom is -0.354 e. The van der Waals surface area contributed by atoms with E-state index in [4.69, 9.17) is 0 Å². The fourth-order valence-electron chi connectivity index (χ4n) is 7.09. The number of rotatable bonds is 2. The van der Waals surface area contributed by atoms with Crippen molar-refractivity contribution in [3.63, 3.8) is 0 Å². The predicted octanol–water partition coefficient (Wildman–Crippen LogP) is 12.2. The average molecular weight is 581 g/mol. The van der Waals surface area contributed by atoms with Crippen LogP contribution in [0.1, 0.15) is 6.92 Å². The summed E-state index contributed by atoms with van der Waals surface area (Å²) in [6.45, 7) is 5.25. The van der Waals surface area contributed by atoms with Crippen LogP contribution in [-0.2, 0) is 0 Å². The third-order valence-corrected chi connectivity index (χ3v) is 10.0. The lowest BCUT2D eigenvalue weighted by Gasteiger charge is -2.11. The molecule has 0 atom stereocenters. The van der Waals surface area contributed by atoms with Gasteiger partial charge in [-0.25, -0.2) is 0 Å². The van der Waals surface area contributed by atoms with Gasteiger partial charge in [0.15, 0.2) is 0 Å². The molecule has 0 aliphatic carbocycles. The molecule has 0 unspecified atom stereocenters. The normalized spacial score (nSPS) is 11.8. The van der Waals surface area contributed by atoms with Gasteiger partial charge >= 0.3 is 0 Å². The molecule has 0 aliphatic heterocycles. The summed E-state index contributed by atoms with van der Waals surface area (Å²) in [4.78, 5) is 3.76. The van der Waals surface area contributed by atoms with E-state index in [9.17, 15) is 0 Å². The molecule has 0 saturated heterocycles. The van der Waals surface area contributed by atoms with Gasteiger partial charge in [0.05, 0.1) is 21.3 Å². The molecule has 0 amide bonds. The van der Waals surface area contributed by atoms with Crippen LogP contribution in [0.3, 0.4) is 0 Å². The first-order chi connectivity index (χ1) is 21.7. The molecule has 10 aromatic rings. The molecule has 3 heterocycles. The first-order valence-electron chi connectivity index (χ1n) is 15.0. The Balaban J connectivity index is 0.000000869. The Bertz CT molecular complexity index is 2680. The molecule has 3 aromatic heterocycles. The zero-order chi connectivity index (χ0) is 29.4. The summed E-state index contributed by atoms with van der Waals surface area (Å²) in [5.41, 5.74) is 8.61. The SMILES string of the molecule is C=CC.c1ccc(-c2cccc(-n3c4cc5c6ccccc6[nH]c5c5ccc6cc7c8ccccc8sc7c3c6c54)c2)cc1. The third-order valence-electron chi connectivity index (χ3n) is 8.85. The van der Waals surface area contributed by atoms with Crippen molar-refractivity contribution >= 4 is 85.9 Å². The molecule has 208 valence electrons. The quantitative estimate of drug-likeness (QED) is 0.155. The number of aromatic nitrogens is 2. The van der Waals surface area contributed by atoms with Crippen molar-refractivity contribution < 1.29 is 0 Å². The zero-order valence-electron chi connectivity index (χ0n) is 24.3. The van der Waals surface area contributed by atoms with E-state index >= 15 is 0 Å². The molecular formula is C41H28N2S. The highest BCUT2D eigenvalue weighted by atomic mass is 32.1. The van der Waals surface area contributed by atoms with Crippen LogP contribution in [0.5, 0.6) is 0 Å². The fraction of sp³-hybridized carbons (Fsp3) is 0.0244. The second-order valence-corrected chi connectivity index (χ2v) is 12.5. The van der Waals surface area contributed by atoms with Gasteiger partial charge < -0.3 is 9.55 Å². The molecule has 0 bridgehead atoms. The van der Waals surface area contributed by atoms with E-state index in [0.29, 0.717) is 0 Å². The smallest absolute Gasteiger partial charge is 0.0726 e. The summed E-state index contributed by atoms with van der Waals surface area (Å²) >= 11 is 1.91. The maximum absolute atomic E-state index is 3.76. The van der Waals surface area contributed by atoms with Crippen LogP contribution >= 0.6 is 11.3 Å². The van der Waals surface area contributed by atoms with Crippen molar-refractivity contribution in [2.75, 3.05) is 0 Å². The van der Waals surface area contributed by atoms with E-state index in [1.165, 1.54) is 91.4 Å². The zero-order valence-corrected chi connectivity index (χ0v) is 25.1. The summed E-state index contributed by atoms with van der Waals surface area (Å²) in [6.07, 6.45) is 1.75. The molecule has 0 aliphatic rings. The van der Waals surface area contributed by atoms with E-state index in [-0.39, 0.29) is 0 Å². The Labute approximate surface area is 258 Å². The summed E-state index contributed by atoms with van der Waals surface area (Å²) < 4.78 is 5.22. The summed E-state index contributed by atoms with van der Waals surface area (Å²) in [7, 11) is 0. The molecule has 1 N–H and O–H groups in total. The first-order valence-corrected chi connectivity index (χ1v) is 15.8. The van der Waals surface area contributed by atoms with Gasteiger partial charge in [0, 0.05) is 53.6 Å². The minimum atomic E-state index is 1.18. The van der Waals surface area contributed by atoms with Crippen molar-refractivity contribution in [1.82, 2.24) is 9.55 Å². The lowest BCUT2D eigenvalue weighted by molar-refractivity contribution is 1.19. The Morgan fingerprint density at radius 2 is 1.39 bits per heavy atom. The van der Waals surface area contributed by atoms with Gasteiger partial charge in [-0.1, -0.05) is 97.1 Å². The summed E-state index contributed by atoms with van der Waals surface area (Å²) in [5, 5.41) is 10.5. The van der Waals surface area contributed by atoms with Crippen LogP contribution in [0.4, 0.5) is 0 Å². The van der Waals surface area contributed by atoms with Crippen molar-refractivity contribution in [3.8, 4) is 16.8 Å². The number of aromatic amines is 1. The van der Waals surface area contributed by atoms with Gasteiger partial charge in [0.1, 0.15) is 0 Å². The number of para-hydroxylation sites is 1. The van der Waals surface area contributed by atoms with Gasteiger partial charge in [0.25, 0.3) is 0 Å².